The summed E-state index contributed by atoms with van der Waals surface area (Å²) in [4.78, 5) is 0. The van der Waals surface area contributed by atoms with E-state index in [0.717, 1.165) is 4.47 Å². The van der Waals surface area contributed by atoms with E-state index >= 15 is 0 Å². The lowest BCUT2D eigenvalue weighted by molar-refractivity contribution is -0.0513. The highest BCUT2D eigenvalue weighted by atomic mass is 79.9. The summed E-state index contributed by atoms with van der Waals surface area (Å²) in [6.07, 6.45) is -0.929. The zero-order valence-electron chi connectivity index (χ0n) is 10.3. The van der Waals surface area contributed by atoms with Gasteiger partial charge in [0.15, 0.2) is 11.5 Å². The van der Waals surface area contributed by atoms with Gasteiger partial charge in [0, 0.05) is 15.4 Å². The van der Waals surface area contributed by atoms with Crippen LogP contribution < -0.4 is 9.47 Å². The van der Waals surface area contributed by atoms with Gasteiger partial charge >= 0.3 is 6.61 Å². The second-order valence-electron chi connectivity index (χ2n) is 3.87. The third-order valence-electron chi connectivity index (χ3n) is 2.66. The van der Waals surface area contributed by atoms with Gasteiger partial charge in [0.2, 0.25) is 0 Å². The number of halogens is 3. The smallest absolute Gasteiger partial charge is 0.387 e. The minimum Gasteiger partial charge on any atom is -0.493 e. The SMILES string of the molecule is COc1ccc(C(O)c2cscc2Br)cc1OC(F)F. The Kier molecular flexibility index (Phi) is 4.95. The zero-order chi connectivity index (χ0) is 14.7. The van der Waals surface area contributed by atoms with Crippen molar-refractivity contribution in [2.75, 3.05) is 7.11 Å². The van der Waals surface area contributed by atoms with Crippen molar-refractivity contribution in [3.63, 3.8) is 0 Å². The van der Waals surface area contributed by atoms with Crippen molar-refractivity contribution in [2.24, 2.45) is 0 Å². The monoisotopic (exact) mass is 364 g/mol. The summed E-state index contributed by atoms with van der Waals surface area (Å²) in [5.74, 6) is 0.0797. The molecule has 108 valence electrons. The lowest BCUT2D eigenvalue weighted by Crippen LogP contribution is -2.05. The Morgan fingerprint density at radius 3 is 2.55 bits per heavy atom. The summed E-state index contributed by atoms with van der Waals surface area (Å²) in [6.45, 7) is -2.95. The maximum absolute atomic E-state index is 12.4. The molecule has 0 aliphatic carbocycles. The maximum atomic E-state index is 12.4. The second kappa shape index (κ2) is 6.51. The van der Waals surface area contributed by atoms with Crippen LogP contribution in [0.2, 0.25) is 0 Å². The summed E-state index contributed by atoms with van der Waals surface area (Å²) in [5.41, 5.74) is 1.11. The molecule has 0 radical (unpaired) electrons. The van der Waals surface area contributed by atoms with E-state index in [4.69, 9.17) is 4.74 Å². The number of thiophene rings is 1. The first-order chi connectivity index (χ1) is 9.52. The quantitative estimate of drug-likeness (QED) is 0.863. The van der Waals surface area contributed by atoms with Gasteiger partial charge in [0.05, 0.1) is 7.11 Å². The van der Waals surface area contributed by atoms with Crippen molar-refractivity contribution in [2.45, 2.75) is 12.7 Å². The molecule has 1 aromatic heterocycles. The lowest BCUT2D eigenvalue weighted by Gasteiger charge is -2.15. The van der Waals surface area contributed by atoms with Gasteiger partial charge in [-0.1, -0.05) is 6.07 Å². The highest BCUT2D eigenvalue weighted by molar-refractivity contribution is 9.10. The molecule has 1 unspecified atom stereocenters. The Balaban J connectivity index is 2.35. The van der Waals surface area contributed by atoms with Crippen LogP contribution >= 0.6 is 27.3 Å². The van der Waals surface area contributed by atoms with E-state index in [-0.39, 0.29) is 11.5 Å². The van der Waals surface area contributed by atoms with Crippen LogP contribution in [-0.4, -0.2) is 18.8 Å². The number of hydrogen-bond acceptors (Lipinski definition) is 4. The Hall–Kier alpha value is -1.18. The van der Waals surface area contributed by atoms with E-state index in [2.05, 4.69) is 20.7 Å². The Labute approximate surface area is 126 Å². The van der Waals surface area contributed by atoms with Crippen LogP contribution in [0.25, 0.3) is 0 Å². The van der Waals surface area contributed by atoms with Gasteiger partial charge in [-0.05, 0) is 39.0 Å². The molecule has 7 heteroatoms. The van der Waals surface area contributed by atoms with Crippen molar-refractivity contribution in [1.82, 2.24) is 0 Å². The van der Waals surface area contributed by atoms with Crippen molar-refractivity contribution < 1.29 is 23.4 Å². The molecule has 0 aliphatic heterocycles. The summed E-state index contributed by atoms with van der Waals surface area (Å²) < 4.78 is 34.8. The fraction of sp³-hybridized carbons (Fsp3) is 0.231. The average molecular weight is 365 g/mol. The predicted octanol–water partition coefficient (Wildman–Crippen LogP) is 4.20. The van der Waals surface area contributed by atoms with E-state index in [9.17, 15) is 13.9 Å². The van der Waals surface area contributed by atoms with Crippen LogP contribution in [0.4, 0.5) is 8.78 Å². The predicted molar refractivity (Wildman–Crippen MR) is 75.7 cm³/mol. The van der Waals surface area contributed by atoms with Crippen LogP contribution in [0.5, 0.6) is 11.5 Å². The summed E-state index contributed by atoms with van der Waals surface area (Å²) in [5, 5.41) is 13.9. The van der Waals surface area contributed by atoms with E-state index in [1.165, 1.54) is 30.6 Å². The largest absolute Gasteiger partial charge is 0.493 e. The molecule has 0 amide bonds. The molecule has 2 aromatic rings. The van der Waals surface area contributed by atoms with E-state index < -0.39 is 12.7 Å². The molecule has 1 aromatic carbocycles. The van der Waals surface area contributed by atoms with Crippen molar-refractivity contribution in [1.29, 1.82) is 0 Å². The number of ether oxygens (including phenoxy) is 2. The number of benzene rings is 1. The lowest BCUT2D eigenvalue weighted by atomic mass is 10.0. The van der Waals surface area contributed by atoms with Crippen molar-refractivity contribution in [3.05, 3.63) is 44.6 Å². The molecule has 1 N–H and O–H groups in total. The first kappa shape index (κ1) is 15.2. The number of hydrogen-bond donors (Lipinski definition) is 1. The van der Waals surface area contributed by atoms with Crippen LogP contribution in [0, 0.1) is 0 Å². The van der Waals surface area contributed by atoms with Crippen LogP contribution in [-0.2, 0) is 0 Å². The van der Waals surface area contributed by atoms with Gasteiger partial charge in [-0.25, -0.2) is 0 Å². The molecule has 20 heavy (non-hydrogen) atoms. The number of aliphatic hydroxyl groups excluding tert-OH is 1. The molecule has 3 nitrogen and oxygen atoms in total. The Morgan fingerprint density at radius 2 is 2.00 bits per heavy atom. The summed E-state index contributed by atoms with van der Waals surface area (Å²) in [7, 11) is 1.36. The highest BCUT2D eigenvalue weighted by Crippen LogP contribution is 2.36. The fourth-order valence-corrected chi connectivity index (χ4v) is 3.25. The number of aliphatic hydroxyl groups is 1. The third-order valence-corrected chi connectivity index (χ3v) is 4.41. The van der Waals surface area contributed by atoms with Crippen molar-refractivity contribution in [3.8, 4) is 11.5 Å². The van der Waals surface area contributed by atoms with Gasteiger partial charge in [0.1, 0.15) is 6.10 Å². The molecular formula is C13H11BrF2O3S. The van der Waals surface area contributed by atoms with Gasteiger partial charge in [0.25, 0.3) is 0 Å². The number of methoxy groups -OCH3 is 1. The summed E-state index contributed by atoms with van der Waals surface area (Å²) in [6, 6.07) is 4.43. The third kappa shape index (κ3) is 3.28. The second-order valence-corrected chi connectivity index (χ2v) is 5.46. The molecule has 0 spiro atoms. The van der Waals surface area contributed by atoms with Crippen LogP contribution in [0.3, 0.4) is 0 Å². The topological polar surface area (TPSA) is 38.7 Å². The molecule has 0 saturated heterocycles. The minimum absolute atomic E-state index is 0.106. The molecule has 1 atom stereocenters. The molecular weight excluding hydrogens is 354 g/mol. The van der Waals surface area contributed by atoms with E-state index in [1.54, 1.807) is 11.4 Å². The first-order valence-corrected chi connectivity index (χ1v) is 7.29. The molecule has 2 rings (SSSR count). The van der Waals surface area contributed by atoms with E-state index in [1.807, 2.05) is 5.38 Å². The van der Waals surface area contributed by atoms with Gasteiger partial charge in [-0.15, -0.1) is 0 Å². The maximum Gasteiger partial charge on any atom is 0.387 e. The van der Waals surface area contributed by atoms with Gasteiger partial charge in [-0.2, -0.15) is 20.1 Å². The normalized spacial score (nSPS) is 12.5. The minimum atomic E-state index is -2.95. The molecule has 1 heterocycles. The number of rotatable bonds is 5. The fourth-order valence-electron chi connectivity index (χ4n) is 1.72. The number of alkyl halides is 2. The molecule has 0 bridgehead atoms. The Morgan fingerprint density at radius 1 is 1.25 bits per heavy atom. The van der Waals surface area contributed by atoms with Crippen LogP contribution in [0.15, 0.2) is 33.4 Å². The molecule has 0 fully saturated rings. The van der Waals surface area contributed by atoms with Gasteiger partial charge < -0.3 is 14.6 Å². The molecule has 0 saturated carbocycles. The molecule has 0 aliphatic rings. The van der Waals surface area contributed by atoms with E-state index in [0.29, 0.717) is 11.1 Å². The zero-order valence-corrected chi connectivity index (χ0v) is 12.7. The van der Waals surface area contributed by atoms with Crippen molar-refractivity contribution >= 4 is 27.3 Å². The van der Waals surface area contributed by atoms with Gasteiger partial charge in [-0.3, -0.25) is 0 Å². The first-order valence-electron chi connectivity index (χ1n) is 5.55. The standard InChI is InChI=1S/C13H11BrF2O3S/c1-18-10-3-2-7(4-11(10)19-13(15)16)12(17)8-5-20-6-9(8)14/h2-6,12-13,17H,1H3. The summed E-state index contributed by atoms with van der Waals surface area (Å²) >= 11 is 4.75. The highest BCUT2D eigenvalue weighted by Gasteiger charge is 2.18. The van der Waals surface area contributed by atoms with Crippen LogP contribution in [0.1, 0.15) is 17.2 Å². The average Bonchev–Trinajstić information content (AvgIpc) is 2.83. The Bertz CT molecular complexity index is 589.